The van der Waals surface area contributed by atoms with Crippen molar-refractivity contribution in [1.82, 2.24) is 14.5 Å². The lowest BCUT2D eigenvalue weighted by atomic mass is 10.4. The Kier molecular flexibility index (Phi) is 3.05. The molecule has 0 bridgehead atoms. The number of pyridine rings is 1. The largest absolute Gasteiger partial charge is 0.481 e. The zero-order chi connectivity index (χ0) is 11.4. The second-order valence-corrected chi connectivity index (χ2v) is 3.37. The Morgan fingerprint density at radius 3 is 3.00 bits per heavy atom. The van der Waals surface area contributed by atoms with Gasteiger partial charge in [-0.1, -0.05) is 6.07 Å². The van der Waals surface area contributed by atoms with Gasteiger partial charge in [0.25, 0.3) is 0 Å². The first-order valence-electron chi connectivity index (χ1n) is 5.00. The topological polar surface area (TPSA) is 52.0 Å². The van der Waals surface area contributed by atoms with Gasteiger partial charge in [0.1, 0.15) is 11.6 Å². The van der Waals surface area contributed by atoms with E-state index in [1.807, 2.05) is 36.0 Å². The molecule has 0 aliphatic rings. The highest BCUT2D eigenvalue weighted by Crippen LogP contribution is 2.11. The monoisotopic (exact) mass is 218 g/mol. The van der Waals surface area contributed by atoms with Crippen molar-refractivity contribution in [2.24, 2.45) is 7.05 Å². The third kappa shape index (κ3) is 2.31. The minimum Gasteiger partial charge on any atom is -0.481 e. The number of nitrogens with zero attached hydrogens (tertiary/aromatic N) is 3. The molecule has 0 fully saturated rings. The first-order chi connectivity index (χ1) is 7.79. The fourth-order valence-electron chi connectivity index (χ4n) is 1.36. The van der Waals surface area contributed by atoms with Crippen LogP contribution in [0, 0.1) is 0 Å². The molecule has 5 heteroatoms. The highest BCUT2D eigenvalue weighted by Gasteiger charge is 2.00. The molecule has 0 unspecified atom stereocenters. The Labute approximate surface area is 94.1 Å². The van der Waals surface area contributed by atoms with Gasteiger partial charge >= 0.3 is 0 Å². The minimum atomic E-state index is 0.602. The Hall–Kier alpha value is -2.04. The fourth-order valence-corrected chi connectivity index (χ4v) is 1.36. The van der Waals surface area contributed by atoms with E-state index in [0.717, 1.165) is 11.6 Å². The number of hydrogen-bond donors (Lipinski definition) is 1. The van der Waals surface area contributed by atoms with Crippen LogP contribution in [-0.4, -0.2) is 21.6 Å². The quantitative estimate of drug-likeness (QED) is 0.843. The van der Waals surface area contributed by atoms with Gasteiger partial charge in [0.05, 0.1) is 13.7 Å². The van der Waals surface area contributed by atoms with E-state index in [0.29, 0.717) is 12.4 Å². The van der Waals surface area contributed by atoms with Gasteiger partial charge in [0.2, 0.25) is 5.88 Å². The third-order valence-electron chi connectivity index (χ3n) is 2.28. The molecule has 5 nitrogen and oxygen atoms in total. The van der Waals surface area contributed by atoms with E-state index in [1.165, 1.54) is 0 Å². The van der Waals surface area contributed by atoms with Gasteiger partial charge in [-0.3, -0.25) is 0 Å². The Bertz CT molecular complexity index is 467. The molecule has 1 N–H and O–H groups in total. The van der Waals surface area contributed by atoms with E-state index in [9.17, 15) is 0 Å². The zero-order valence-electron chi connectivity index (χ0n) is 9.34. The van der Waals surface area contributed by atoms with Crippen LogP contribution >= 0.6 is 0 Å². The molecule has 0 saturated heterocycles. The molecule has 0 aliphatic carbocycles. The summed E-state index contributed by atoms with van der Waals surface area (Å²) in [5.41, 5.74) is 0. The highest BCUT2D eigenvalue weighted by molar-refractivity contribution is 5.37. The van der Waals surface area contributed by atoms with Crippen molar-refractivity contribution in [3.8, 4) is 5.88 Å². The summed E-state index contributed by atoms with van der Waals surface area (Å²) >= 11 is 0. The van der Waals surface area contributed by atoms with E-state index in [1.54, 1.807) is 13.3 Å². The number of anilines is 1. The van der Waals surface area contributed by atoms with Gasteiger partial charge in [-0.15, -0.1) is 0 Å². The number of ether oxygens (including phenoxy) is 1. The van der Waals surface area contributed by atoms with E-state index in [4.69, 9.17) is 4.74 Å². The van der Waals surface area contributed by atoms with Crippen LogP contribution in [0.2, 0.25) is 0 Å². The molecular formula is C11H14N4O. The minimum absolute atomic E-state index is 0.602. The number of nitrogens with one attached hydrogen (secondary N) is 1. The average Bonchev–Trinajstić information content (AvgIpc) is 2.72. The normalized spacial score (nSPS) is 10.1. The summed E-state index contributed by atoms with van der Waals surface area (Å²) in [6, 6.07) is 5.60. The number of aryl methyl sites for hydroxylation is 1. The summed E-state index contributed by atoms with van der Waals surface area (Å²) in [5, 5.41) is 3.19. The van der Waals surface area contributed by atoms with Gasteiger partial charge in [-0.2, -0.15) is 4.98 Å². The molecule has 16 heavy (non-hydrogen) atoms. The molecule has 0 aromatic carbocycles. The van der Waals surface area contributed by atoms with Crippen LogP contribution in [0.5, 0.6) is 5.88 Å². The van der Waals surface area contributed by atoms with E-state index < -0.39 is 0 Å². The molecule has 2 aromatic rings. The first-order valence-corrected chi connectivity index (χ1v) is 5.00. The summed E-state index contributed by atoms with van der Waals surface area (Å²) < 4.78 is 7.01. The van der Waals surface area contributed by atoms with E-state index in [2.05, 4.69) is 15.3 Å². The van der Waals surface area contributed by atoms with Crippen LogP contribution in [0.25, 0.3) is 0 Å². The smallest absolute Gasteiger partial charge is 0.214 e. The number of imidazole rings is 1. The highest BCUT2D eigenvalue weighted by atomic mass is 16.5. The van der Waals surface area contributed by atoms with Crippen molar-refractivity contribution in [1.29, 1.82) is 0 Å². The summed E-state index contributed by atoms with van der Waals surface area (Å²) in [6.45, 7) is 0.643. The Morgan fingerprint density at radius 2 is 2.31 bits per heavy atom. The molecule has 84 valence electrons. The molecule has 0 amide bonds. The van der Waals surface area contributed by atoms with Crippen LogP contribution in [0.15, 0.2) is 30.6 Å². The number of methoxy groups -OCH3 is 1. The van der Waals surface area contributed by atoms with Gasteiger partial charge in [0.15, 0.2) is 0 Å². The van der Waals surface area contributed by atoms with E-state index in [-0.39, 0.29) is 0 Å². The van der Waals surface area contributed by atoms with Crippen molar-refractivity contribution in [2.75, 3.05) is 12.4 Å². The first kappa shape index (κ1) is 10.5. The molecule has 0 aliphatic heterocycles. The van der Waals surface area contributed by atoms with Crippen molar-refractivity contribution in [3.63, 3.8) is 0 Å². The second-order valence-electron chi connectivity index (χ2n) is 3.37. The Balaban J connectivity index is 2.02. The SMILES string of the molecule is COc1cccc(NCc2nccn2C)n1. The molecule has 0 atom stereocenters. The standard InChI is InChI=1S/C11H14N4O/c1-15-7-6-12-10(15)8-13-9-4-3-5-11(14-9)16-2/h3-7H,8H2,1-2H3,(H,13,14). The maximum Gasteiger partial charge on any atom is 0.214 e. The third-order valence-corrected chi connectivity index (χ3v) is 2.28. The maximum atomic E-state index is 5.04. The van der Waals surface area contributed by atoms with Crippen LogP contribution in [-0.2, 0) is 13.6 Å². The molecule has 0 saturated carbocycles. The predicted molar refractivity (Wildman–Crippen MR) is 61.3 cm³/mol. The van der Waals surface area contributed by atoms with Crippen molar-refractivity contribution in [2.45, 2.75) is 6.54 Å². The zero-order valence-corrected chi connectivity index (χ0v) is 9.34. The molecule has 0 spiro atoms. The number of rotatable bonds is 4. The number of aromatic nitrogens is 3. The maximum absolute atomic E-state index is 5.04. The lowest BCUT2D eigenvalue weighted by Gasteiger charge is -2.06. The van der Waals surface area contributed by atoms with E-state index >= 15 is 0 Å². The van der Waals surface area contributed by atoms with Crippen LogP contribution in [0.1, 0.15) is 5.82 Å². The number of hydrogen-bond acceptors (Lipinski definition) is 4. The fraction of sp³-hybridized carbons (Fsp3) is 0.273. The molecular weight excluding hydrogens is 204 g/mol. The average molecular weight is 218 g/mol. The summed E-state index contributed by atoms with van der Waals surface area (Å²) in [6.07, 6.45) is 3.69. The summed E-state index contributed by atoms with van der Waals surface area (Å²) in [5.74, 6) is 2.34. The lowest BCUT2D eigenvalue weighted by molar-refractivity contribution is 0.398. The van der Waals surface area contributed by atoms with Gasteiger partial charge in [-0.25, -0.2) is 4.98 Å². The summed E-state index contributed by atoms with van der Waals surface area (Å²) in [7, 11) is 3.56. The summed E-state index contributed by atoms with van der Waals surface area (Å²) in [4.78, 5) is 8.46. The molecule has 2 aromatic heterocycles. The van der Waals surface area contributed by atoms with Gasteiger partial charge in [-0.05, 0) is 6.07 Å². The van der Waals surface area contributed by atoms with Crippen molar-refractivity contribution in [3.05, 3.63) is 36.4 Å². The van der Waals surface area contributed by atoms with Gasteiger partial charge in [0, 0.05) is 25.5 Å². The lowest BCUT2D eigenvalue weighted by Crippen LogP contribution is -2.06. The van der Waals surface area contributed by atoms with Crippen LogP contribution in [0.4, 0.5) is 5.82 Å². The molecule has 2 rings (SSSR count). The second kappa shape index (κ2) is 4.65. The van der Waals surface area contributed by atoms with Crippen LogP contribution < -0.4 is 10.1 Å². The van der Waals surface area contributed by atoms with Crippen LogP contribution in [0.3, 0.4) is 0 Å². The van der Waals surface area contributed by atoms with Gasteiger partial charge < -0.3 is 14.6 Å². The molecule has 2 heterocycles. The van der Waals surface area contributed by atoms with Crippen molar-refractivity contribution < 1.29 is 4.74 Å². The van der Waals surface area contributed by atoms with Crippen molar-refractivity contribution >= 4 is 5.82 Å². The predicted octanol–water partition coefficient (Wildman–Crippen LogP) is 1.44. The Morgan fingerprint density at radius 1 is 1.44 bits per heavy atom. The molecule has 0 radical (unpaired) electrons.